The molecule has 5 aliphatic rings. The molecule has 3 heteroatoms. The van der Waals surface area contributed by atoms with Gasteiger partial charge < -0.3 is 9.64 Å². The molecule has 6 rings (SSSR count). The van der Waals surface area contributed by atoms with Crippen molar-refractivity contribution in [1.29, 1.82) is 0 Å². The quantitative estimate of drug-likeness (QED) is 0.557. The maximum atomic E-state index is 12.8. The van der Waals surface area contributed by atoms with E-state index in [0.717, 1.165) is 24.8 Å². The van der Waals surface area contributed by atoms with Gasteiger partial charge >= 0.3 is 0 Å². The van der Waals surface area contributed by atoms with E-state index in [-0.39, 0.29) is 23.7 Å². The molecular formula is C24H29NO2. The average molecular weight is 364 g/mol. The van der Waals surface area contributed by atoms with Gasteiger partial charge in [-0.2, -0.15) is 0 Å². The van der Waals surface area contributed by atoms with Crippen molar-refractivity contribution in [2.24, 2.45) is 29.1 Å². The zero-order valence-corrected chi connectivity index (χ0v) is 16.5. The van der Waals surface area contributed by atoms with E-state index in [2.05, 4.69) is 68.2 Å². The van der Waals surface area contributed by atoms with Gasteiger partial charge in [0, 0.05) is 12.5 Å². The summed E-state index contributed by atoms with van der Waals surface area (Å²) in [7, 11) is 0. The van der Waals surface area contributed by atoms with Crippen molar-refractivity contribution in [3.05, 3.63) is 48.0 Å². The van der Waals surface area contributed by atoms with Crippen molar-refractivity contribution in [2.75, 3.05) is 6.54 Å². The van der Waals surface area contributed by atoms with E-state index in [1.165, 1.54) is 12.0 Å². The summed E-state index contributed by atoms with van der Waals surface area (Å²) < 4.78 is 6.64. The SMILES string of the molecule is CC1(C)[C@@H]2CC3[C@H]4[C@@H]5[C@H](O[C@]3(C)C[C@@H]21)C(=O)N5CC=C[C@@H]4c1ccccc1. The molecule has 1 unspecified atom stereocenters. The maximum absolute atomic E-state index is 12.8. The van der Waals surface area contributed by atoms with Crippen LogP contribution in [0.3, 0.4) is 0 Å². The zero-order chi connectivity index (χ0) is 18.6. The molecule has 0 aromatic heterocycles. The van der Waals surface area contributed by atoms with E-state index in [1.54, 1.807) is 0 Å². The third kappa shape index (κ3) is 1.99. The Hall–Kier alpha value is -1.61. The lowest BCUT2D eigenvalue weighted by atomic mass is 9.58. The Morgan fingerprint density at radius 2 is 1.85 bits per heavy atom. The van der Waals surface area contributed by atoms with Crippen LogP contribution in [0, 0.1) is 29.1 Å². The Labute approximate surface area is 161 Å². The first-order valence-electron chi connectivity index (χ1n) is 10.6. The number of allylic oxidation sites excluding steroid dienone is 1. The highest BCUT2D eigenvalue weighted by atomic mass is 16.5. The number of β-lactam (4-membered cyclic amide) rings is 1. The van der Waals surface area contributed by atoms with Crippen molar-refractivity contribution in [3.63, 3.8) is 0 Å². The van der Waals surface area contributed by atoms with Gasteiger partial charge in [0.05, 0.1) is 11.6 Å². The number of ether oxygens (including phenoxy) is 1. The van der Waals surface area contributed by atoms with Crippen LogP contribution in [-0.2, 0) is 9.53 Å². The first-order chi connectivity index (χ1) is 12.9. The number of fused-ring (bicyclic) bond motifs is 3. The molecule has 1 amide bonds. The predicted molar refractivity (Wildman–Crippen MR) is 104 cm³/mol. The van der Waals surface area contributed by atoms with Gasteiger partial charge in [-0.25, -0.2) is 0 Å². The lowest BCUT2D eigenvalue weighted by molar-refractivity contribution is -0.254. The van der Waals surface area contributed by atoms with Gasteiger partial charge in [-0.15, -0.1) is 0 Å². The lowest BCUT2D eigenvalue weighted by Crippen LogP contribution is -2.75. The Morgan fingerprint density at radius 3 is 2.63 bits per heavy atom. The summed E-state index contributed by atoms with van der Waals surface area (Å²) in [4.78, 5) is 14.9. The summed E-state index contributed by atoms with van der Waals surface area (Å²) in [6.45, 7) is 7.91. The highest BCUT2D eigenvalue weighted by molar-refractivity contribution is 5.89. The molecule has 0 radical (unpaired) electrons. The second-order valence-electron chi connectivity index (χ2n) is 10.4. The van der Waals surface area contributed by atoms with E-state index in [9.17, 15) is 4.79 Å². The Balaban J connectivity index is 1.46. The largest absolute Gasteiger partial charge is 0.360 e. The number of hydrogen-bond donors (Lipinski definition) is 0. The van der Waals surface area contributed by atoms with Gasteiger partial charge in [-0.05, 0) is 54.4 Å². The summed E-state index contributed by atoms with van der Waals surface area (Å²) in [6.07, 6.45) is 6.75. The monoisotopic (exact) mass is 363 g/mol. The molecule has 3 aliphatic heterocycles. The molecule has 3 heterocycles. The molecule has 0 bridgehead atoms. The summed E-state index contributed by atoms with van der Waals surface area (Å²) in [5.74, 6) is 3.15. The number of carbonyl (C=O) groups excluding carboxylic acids is 1. The molecule has 0 N–H and O–H groups in total. The van der Waals surface area contributed by atoms with Gasteiger partial charge in [-0.1, -0.05) is 56.3 Å². The smallest absolute Gasteiger partial charge is 0.254 e. The molecule has 2 aliphatic carbocycles. The van der Waals surface area contributed by atoms with Crippen LogP contribution < -0.4 is 0 Å². The van der Waals surface area contributed by atoms with Crippen molar-refractivity contribution >= 4 is 5.91 Å². The van der Waals surface area contributed by atoms with Crippen LogP contribution in [0.1, 0.15) is 45.1 Å². The highest BCUT2D eigenvalue weighted by Gasteiger charge is 2.71. The average Bonchev–Trinajstić information content (AvgIpc) is 3.25. The van der Waals surface area contributed by atoms with Gasteiger partial charge in [0.15, 0.2) is 6.10 Å². The van der Waals surface area contributed by atoms with Crippen molar-refractivity contribution in [1.82, 2.24) is 4.90 Å². The van der Waals surface area contributed by atoms with E-state index in [4.69, 9.17) is 4.74 Å². The Kier molecular flexibility index (Phi) is 3.06. The van der Waals surface area contributed by atoms with E-state index in [0.29, 0.717) is 23.2 Å². The third-order valence-corrected chi connectivity index (χ3v) is 8.90. The van der Waals surface area contributed by atoms with Gasteiger partial charge in [0.25, 0.3) is 5.91 Å². The summed E-state index contributed by atoms with van der Waals surface area (Å²) in [5, 5.41) is 0. The number of benzene rings is 1. The highest BCUT2D eigenvalue weighted by Crippen LogP contribution is 2.71. The molecule has 1 aromatic carbocycles. The third-order valence-electron chi connectivity index (χ3n) is 8.90. The first-order valence-corrected chi connectivity index (χ1v) is 10.6. The number of carbonyl (C=O) groups is 1. The van der Waals surface area contributed by atoms with E-state index < -0.39 is 0 Å². The Bertz CT molecular complexity index is 830. The van der Waals surface area contributed by atoms with Crippen LogP contribution in [0.5, 0.6) is 0 Å². The molecule has 142 valence electrons. The number of amides is 1. The minimum Gasteiger partial charge on any atom is -0.360 e. The van der Waals surface area contributed by atoms with Crippen LogP contribution in [-0.4, -0.2) is 35.1 Å². The van der Waals surface area contributed by atoms with Crippen LogP contribution in [0.2, 0.25) is 0 Å². The normalized spacial score (nSPS) is 48.6. The maximum Gasteiger partial charge on any atom is 0.254 e. The lowest BCUT2D eigenvalue weighted by Gasteiger charge is -2.62. The molecule has 8 atom stereocenters. The molecule has 1 aromatic rings. The minimum atomic E-state index is -0.222. The molecule has 3 nitrogen and oxygen atoms in total. The van der Waals surface area contributed by atoms with Crippen LogP contribution in [0.15, 0.2) is 42.5 Å². The van der Waals surface area contributed by atoms with Gasteiger partial charge in [0.2, 0.25) is 0 Å². The topological polar surface area (TPSA) is 29.5 Å². The molecule has 4 fully saturated rings. The van der Waals surface area contributed by atoms with E-state index >= 15 is 0 Å². The first kappa shape index (κ1) is 16.4. The van der Waals surface area contributed by atoms with Gasteiger partial charge in [-0.3, -0.25) is 4.79 Å². The number of rotatable bonds is 1. The van der Waals surface area contributed by atoms with Crippen molar-refractivity contribution in [2.45, 2.75) is 57.3 Å². The summed E-state index contributed by atoms with van der Waals surface area (Å²) in [5.41, 5.74) is 1.67. The fourth-order valence-electron chi connectivity index (χ4n) is 7.27. The Morgan fingerprint density at radius 1 is 1.07 bits per heavy atom. The molecule has 2 saturated carbocycles. The molecule has 2 saturated heterocycles. The minimum absolute atomic E-state index is 0.159. The molecular weight excluding hydrogens is 334 g/mol. The van der Waals surface area contributed by atoms with Crippen molar-refractivity contribution < 1.29 is 9.53 Å². The van der Waals surface area contributed by atoms with Crippen LogP contribution in [0.25, 0.3) is 0 Å². The summed E-state index contributed by atoms with van der Waals surface area (Å²) in [6, 6.07) is 11.2. The van der Waals surface area contributed by atoms with Gasteiger partial charge in [0.1, 0.15) is 0 Å². The molecule has 0 spiro atoms. The standard InChI is InChI=1S/C24H29NO2/c1-23(2)16-12-17-19-15(14-8-5-4-6-9-14)10-7-11-25-20(19)21(22(25)26)27-24(17,3)13-18(16)23/h4-10,15-21H,11-13H2,1-3H3/t15-,16-,17?,18+,19+,20-,21+,24-/m1/s1. The fraction of sp³-hybridized carbons (Fsp3) is 0.625. The second-order valence-corrected chi connectivity index (χ2v) is 10.4. The second kappa shape index (κ2) is 5.05. The van der Waals surface area contributed by atoms with E-state index in [1.807, 2.05) is 0 Å². The number of nitrogens with zero attached hydrogens (tertiary/aromatic N) is 1. The van der Waals surface area contributed by atoms with Crippen molar-refractivity contribution in [3.8, 4) is 0 Å². The zero-order valence-electron chi connectivity index (χ0n) is 16.5. The number of hydrogen-bond acceptors (Lipinski definition) is 2. The van der Waals surface area contributed by atoms with Crippen LogP contribution >= 0.6 is 0 Å². The molecule has 27 heavy (non-hydrogen) atoms. The predicted octanol–water partition coefficient (Wildman–Crippen LogP) is 4.01. The van der Waals surface area contributed by atoms with Crippen LogP contribution in [0.4, 0.5) is 0 Å². The fourth-order valence-corrected chi connectivity index (χ4v) is 7.27. The summed E-state index contributed by atoms with van der Waals surface area (Å²) >= 11 is 0.